The Morgan fingerprint density at radius 2 is 1.87 bits per heavy atom. The molecule has 1 saturated heterocycles. The molecule has 1 atom stereocenters. The number of methoxy groups -OCH3 is 1. The molecule has 1 rings (SSSR count). The van der Waals surface area contributed by atoms with Crippen molar-refractivity contribution in [1.82, 2.24) is 10.6 Å². The Morgan fingerprint density at radius 1 is 1.33 bits per heavy atom. The molecule has 1 unspecified atom stereocenters. The summed E-state index contributed by atoms with van der Waals surface area (Å²) in [6, 6.07) is -0.746. The summed E-state index contributed by atoms with van der Waals surface area (Å²) in [6.45, 7) is 0. The van der Waals surface area contributed by atoms with Crippen LogP contribution in [0.3, 0.4) is 0 Å². The zero-order valence-electron chi connectivity index (χ0n) is 8.41. The second kappa shape index (κ2) is 5.55. The van der Waals surface area contributed by atoms with E-state index >= 15 is 0 Å². The number of carbonyl (C=O) groups is 3. The summed E-state index contributed by atoms with van der Waals surface area (Å²) >= 11 is 0.554. The van der Waals surface area contributed by atoms with Gasteiger partial charge < -0.3 is 0 Å². The second-order valence-electron chi connectivity index (χ2n) is 3.24. The van der Waals surface area contributed by atoms with E-state index < -0.39 is 23.8 Å². The maximum atomic E-state index is 11.4. The summed E-state index contributed by atoms with van der Waals surface area (Å²) in [6.07, 6.45) is 0.272. The van der Waals surface area contributed by atoms with E-state index in [0.717, 1.165) is 3.93 Å². The summed E-state index contributed by atoms with van der Waals surface area (Å²) in [5.41, 5.74) is 0. The number of ether oxygens (including phenoxy) is 1. The van der Waals surface area contributed by atoms with Crippen molar-refractivity contribution in [3.8, 4) is 0 Å². The molecule has 0 saturated carbocycles. The molecule has 1 aliphatic rings. The van der Waals surface area contributed by atoms with Gasteiger partial charge in [-0.3, -0.25) is 0 Å². The van der Waals surface area contributed by atoms with Crippen molar-refractivity contribution < 1.29 is 45.2 Å². The van der Waals surface area contributed by atoms with Crippen molar-refractivity contribution in [3.05, 3.63) is 0 Å². The van der Waals surface area contributed by atoms with E-state index in [1.54, 1.807) is 7.11 Å². The average molecular weight is 400 g/mol. The Labute approximate surface area is 103 Å². The Hall–Kier alpha value is -0.495. The molecule has 0 spiro atoms. The molecule has 0 bridgehead atoms. The monoisotopic (exact) mass is 401 g/mol. The van der Waals surface area contributed by atoms with Crippen LogP contribution in [0.15, 0.2) is 0 Å². The predicted molar refractivity (Wildman–Crippen MR) is 45.4 cm³/mol. The average Bonchev–Trinajstić information content (AvgIpc) is 2.17. The number of amides is 4. The van der Waals surface area contributed by atoms with E-state index in [4.69, 9.17) is 4.74 Å². The fourth-order valence-corrected chi connectivity index (χ4v) is 3.19. The van der Waals surface area contributed by atoms with Gasteiger partial charge >= 0.3 is 103 Å². The second-order valence-corrected chi connectivity index (χ2v) is 5.49. The molecule has 0 aromatic rings. The first-order valence-corrected chi connectivity index (χ1v) is 8.45. The summed E-state index contributed by atoms with van der Waals surface area (Å²) in [5.74, 6) is -1.88. The van der Waals surface area contributed by atoms with Gasteiger partial charge in [-0.25, -0.2) is 0 Å². The molecule has 15 heavy (non-hydrogen) atoms. The van der Waals surface area contributed by atoms with Crippen LogP contribution in [0.2, 0.25) is 3.93 Å². The number of urea groups is 1. The molecule has 0 aromatic carbocycles. The van der Waals surface area contributed by atoms with Crippen molar-refractivity contribution in [1.29, 1.82) is 0 Å². The number of nitrogens with one attached hydrogen (secondary N) is 2. The number of rotatable bonds is 4. The van der Waals surface area contributed by atoms with E-state index in [9.17, 15) is 14.4 Å². The molecule has 6 nitrogen and oxygen atoms in total. The number of hydrogen-bond acceptors (Lipinski definition) is 4. The number of barbiturate groups is 1. The Kier molecular flexibility index (Phi) is 4.65. The van der Waals surface area contributed by atoms with Crippen molar-refractivity contribution >= 4 is 17.8 Å². The van der Waals surface area contributed by atoms with Crippen LogP contribution in [0, 0.1) is 5.92 Å². The molecule has 0 radical (unpaired) electrons. The summed E-state index contributed by atoms with van der Waals surface area (Å²) < 4.78 is 6.03. The fraction of sp³-hybridized carbons (Fsp3) is 0.625. The molecule has 0 aromatic heterocycles. The zero-order valence-corrected chi connectivity index (χ0v) is 13.9. The van der Waals surface area contributed by atoms with Gasteiger partial charge in [0, 0.05) is 0 Å². The Balaban J connectivity index is 2.64. The van der Waals surface area contributed by atoms with E-state index in [0.29, 0.717) is 32.5 Å². The van der Waals surface area contributed by atoms with Crippen LogP contribution in [-0.4, -0.2) is 31.1 Å². The normalized spacial score (nSPS) is 19.8. The third-order valence-electron chi connectivity index (χ3n) is 2.26. The first-order valence-electron chi connectivity index (χ1n) is 4.56. The summed E-state index contributed by atoms with van der Waals surface area (Å²) in [5, 5.41) is 4.13. The third-order valence-corrected chi connectivity index (χ3v) is 4.76. The molecule has 2 N–H and O–H groups in total. The standard InChI is InChI=1S/C8H11N2O4.Hg/c1-4(14-2)3-5-6(11)9-8(13)10-7(5)12;/h4-5H,1,3H2,2H3,(H2,9,10,11,12,13);. The van der Waals surface area contributed by atoms with E-state index in [1.807, 2.05) is 0 Å². The van der Waals surface area contributed by atoms with Crippen LogP contribution in [0.5, 0.6) is 0 Å². The number of carbonyl (C=O) groups excluding carboxylic acids is 3. The molecule has 7 heteroatoms. The fourth-order valence-electron chi connectivity index (χ4n) is 1.36. The zero-order chi connectivity index (χ0) is 11.4. The van der Waals surface area contributed by atoms with Gasteiger partial charge in [0.25, 0.3) is 0 Å². The predicted octanol–water partition coefficient (Wildman–Crippen LogP) is -0.661. The minimum atomic E-state index is -0.809. The van der Waals surface area contributed by atoms with Gasteiger partial charge in [0.1, 0.15) is 0 Å². The molecule has 1 fully saturated rings. The Morgan fingerprint density at radius 3 is 2.27 bits per heavy atom. The quantitative estimate of drug-likeness (QED) is 0.485. The van der Waals surface area contributed by atoms with Gasteiger partial charge in [-0.1, -0.05) is 0 Å². The first kappa shape index (κ1) is 12.6. The van der Waals surface area contributed by atoms with Crippen LogP contribution in [0.25, 0.3) is 0 Å². The SMILES string of the molecule is COC([CH2][Hg])CC1C(=O)NC(=O)NC1=O. The van der Waals surface area contributed by atoms with Crippen molar-refractivity contribution in [3.63, 3.8) is 0 Å². The molecule has 1 heterocycles. The van der Waals surface area contributed by atoms with E-state index in [-0.39, 0.29) is 6.10 Å². The van der Waals surface area contributed by atoms with E-state index in [2.05, 4.69) is 10.6 Å². The van der Waals surface area contributed by atoms with Gasteiger partial charge in [0.15, 0.2) is 0 Å². The van der Waals surface area contributed by atoms with Crippen LogP contribution in [-0.2, 0) is 40.4 Å². The first-order chi connectivity index (χ1) is 7.08. The molecular weight excluding hydrogens is 389 g/mol. The molecular formula is C8H11HgN2O4. The van der Waals surface area contributed by atoms with Crippen molar-refractivity contribution in [2.24, 2.45) is 5.92 Å². The van der Waals surface area contributed by atoms with Crippen molar-refractivity contribution in [2.75, 3.05) is 7.11 Å². The van der Waals surface area contributed by atoms with Crippen LogP contribution in [0.1, 0.15) is 6.42 Å². The third kappa shape index (κ3) is 3.24. The van der Waals surface area contributed by atoms with Crippen LogP contribution < -0.4 is 10.6 Å². The number of imide groups is 2. The van der Waals surface area contributed by atoms with Crippen molar-refractivity contribution in [2.45, 2.75) is 16.5 Å². The van der Waals surface area contributed by atoms with Crippen LogP contribution in [0.4, 0.5) is 4.79 Å². The molecule has 4 amide bonds. The molecule has 1 aliphatic heterocycles. The van der Waals surface area contributed by atoms with Crippen LogP contribution >= 0.6 is 0 Å². The molecule has 79 valence electrons. The summed E-state index contributed by atoms with van der Waals surface area (Å²) in [4.78, 5) is 33.5. The topological polar surface area (TPSA) is 84.5 Å². The van der Waals surface area contributed by atoms with Gasteiger partial charge in [-0.15, -0.1) is 0 Å². The Bertz CT molecular complexity index is 270. The van der Waals surface area contributed by atoms with E-state index in [1.165, 1.54) is 0 Å². The minimum absolute atomic E-state index is 0.0666. The van der Waals surface area contributed by atoms with Gasteiger partial charge in [0.05, 0.1) is 0 Å². The molecule has 0 aliphatic carbocycles. The van der Waals surface area contributed by atoms with Gasteiger partial charge in [-0.2, -0.15) is 0 Å². The summed E-state index contributed by atoms with van der Waals surface area (Å²) in [7, 11) is 1.56. The van der Waals surface area contributed by atoms with Gasteiger partial charge in [0.2, 0.25) is 0 Å². The maximum absolute atomic E-state index is 11.4. The number of hydrogen-bond donors (Lipinski definition) is 2. The van der Waals surface area contributed by atoms with Gasteiger partial charge in [-0.05, 0) is 0 Å².